The molecule has 0 radical (unpaired) electrons. The van der Waals surface area contributed by atoms with Gasteiger partial charge < -0.3 is 15.0 Å². The molecule has 1 saturated heterocycles. The van der Waals surface area contributed by atoms with Gasteiger partial charge in [-0.15, -0.1) is 0 Å². The Kier molecular flexibility index (Phi) is 6.87. The zero-order valence-electron chi connectivity index (χ0n) is 18.2. The number of aromatic nitrogens is 3. The summed E-state index contributed by atoms with van der Waals surface area (Å²) in [7, 11) is 0. The van der Waals surface area contributed by atoms with Gasteiger partial charge in [0.05, 0.1) is 37.3 Å². The first-order valence-corrected chi connectivity index (χ1v) is 10.9. The number of hydrogen-bond acceptors (Lipinski definition) is 5. The zero-order chi connectivity index (χ0) is 22.5. The minimum Gasteiger partial charge on any atom is -0.378 e. The third-order valence-corrected chi connectivity index (χ3v) is 5.86. The highest BCUT2D eigenvalue weighted by Crippen LogP contribution is 2.21. The first-order chi connectivity index (χ1) is 15.5. The van der Waals surface area contributed by atoms with Gasteiger partial charge in [-0.25, -0.2) is 4.98 Å². The summed E-state index contributed by atoms with van der Waals surface area (Å²) in [6.45, 7) is 7.62. The monoisotopic (exact) mass is 451 g/mol. The van der Waals surface area contributed by atoms with Crippen LogP contribution in [0.5, 0.6) is 0 Å². The van der Waals surface area contributed by atoms with Gasteiger partial charge in [-0.3, -0.25) is 9.48 Å². The Morgan fingerprint density at radius 2 is 1.97 bits per heavy atom. The molecule has 0 aliphatic carbocycles. The molecule has 8 heteroatoms. The number of nitrogens with zero attached hydrogens (tertiary/aromatic N) is 4. The lowest BCUT2D eigenvalue weighted by molar-refractivity contribution is -0.111. The van der Waals surface area contributed by atoms with Crippen molar-refractivity contribution in [3.05, 3.63) is 76.2 Å². The highest BCUT2D eigenvalue weighted by molar-refractivity contribution is 6.31. The number of carbonyl (C=O) groups excluding carboxylic acids is 1. The van der Waals surface area contributed by atoms with Crippen LogP contribution in [0.1, 0.15) is 22.5 Å². The molecule has 1 aromatic carbocycles. The fourth-order valence-corrected chi connectivity index (χ4v) is 3.88. The fraction of sp³-hybridized carbons (Fsp3) is 0.292. The van der Waals surface area contributed by atoms with E-state index in [0.29, 0.717) is 17.4 Å². The SMILES string of the molecule is Cc1nn(Cc2ccccc2Cl)c(C)c1/C=C/C(=O)Nc1ccc(N2CCOCC2)cn1. The second kappa shape index (κ2) is 9.97. The average molecular weight is 452 g/mol. The van der Waals surface area contributed by atoms with Gasteiger partial charge >= 0.3 is 0 Å². The largest absolute Gasteiger partial charge is 0.378 e. The normalized spacial score (nSPS) is 14.2. The molecule has 1 fully saturated rings. The Morgan fingerprint density at radius 3 is 2.69 bits per heavy atom. The van der Waals surface area contributed by atoms with Crippen molar-refractivity contribution in [2.75, 3.05) is 36.5 Å². The number of nitrogens with one attached hydrogen (secondary N) is 1. The molecule has 7 nitrogen and oxygen atoms in total. The number of halogens is 1. The Balaban J connectivity index is 1.40. The smallest absolute Gasteiger partial charge is 0.249 e. The minimum absolute atomic E-state index is 0.241. The van der Waals surface area contributed by atoms with Gasteiger partial charge in [-0.2, -0.15) is 5.10 Å². The van der Waals surface area contributed by atoms with Gasteiger partial charge in [-0.1, -0.05) is 29.8 Å². The van der Waals surface area contributed by atoms with Crippen molar-refractivity contribution in [1.29, 1.82) is 0 Å². The summed E-state index contributed by atoms with van der Waals surface area (Å²) in [4.78, 5) is 19.0. The molecule has 3 heterocycles. The Morgan fingerprint density at radius 1 is 1.19 bits per heavy atom. The number of morpholine rings is 1. The standard InChI is InChI=1S/C24H26ClN5O2/c1-17-21(18(2)30(28-17)16-19-5-3-4-6-22(19)25)8-10-24(31)27-23-9-7-20(15-26-23)29-11-13-32-14-12-29/h3-10,15H,11-14,16H2,1-2H3,(H,26,27,31)/b10-8+. The number of pyridine rings is 1. The maximum absolute atomic E-state index is 12.4. The van der Waals surface area contributed by atoms with E-state index in [1.807, 2.05) is 54.9 Å². The van der Waals surface area contributed by atoms with Crippen molar-refractivity contribution in [2.24, 2.45) is 0 Å². The molecular formula is C24H26ClN5O2. The van der Waals surface area contributed by atoms with Gasteiger partial charge in [0, 0.05) is 35.4 Å². The highest BCUT2D eigenvalue weighted by Gasteiger charge is 2.13. The first kappa shape index (κ1) is 22.0. The lowest BCUT2D eigenvalue weighted by Gasteiger charge is -2.28. The summed E-state index contributed by atoms with van der Waals surface area (Å²) in [5.41, 5.74) is 4.77. The molecule has 4 rings (SSSR count). The Labute approximate surface area is 192 Å². The second-order valence-electron chi connectivity index (χ2n) is 7.66. The highest BCUT2D eigenvalue weighted by atomic mass is 35.5. The van der Waals surface area contributed by atoms with Crippen LogP contribution in [-0.2, 0) is 16.1 Å². The maximum atomic E-state index is 12.4. The van der Waals surface area contributed by atoms with Gasteiger partial charge in [0.25, 0.3) is 0 Å². The summed E-state index contributed by atoms with van der Waals surface area (Å²) in [5, 5.41) is 8.13. The number of anilines is 2. The van der Waals surface area contributed by atoms with Crippen LogP contribution < -0.4 is 10.2 Å². The molecule has 1 amide bonds. The topological polar surface area (TPSA) is 72.3 Å². The number of aryl methyl sites for hydroxylation is 1. The molecule has 0 bridgehead atoms. The average Bonchev–Trinajstić information content (AvgIpc) is 3.07. The molecule has 0 spiro atoms. The molecule has 32 heavy (non-hydrogen) atoms. The van der Waals surface area contributed by atoms with E-state index in [1.165, 1.54) is 6.08 Å². The van der Waals surface area contributed by atoms with Gasteiger partial charge in [0.2, 0.25) is 5.91 Å². The van der Waals surface area contributed by atoms with Crippen molar-refractivity contribution in [3.8, 4) is 0 Å². The van der Waals surface area contributed by atoms with Crippen LogP contribution in [0.3, 0.4) is 0 Å². The molecular weight excluding hydrogens is 426 g/mol. The number of carbonyl (C=O) groups is 1. The lowest BCUT2D eigenvalue weighted by atomic mass is 10.1. The number of rotatable bonds is 6. The molecule has 3 aromatic rings. The fourth-order valence-electron chi connectivity index (χ4n) is 3.69. The van der Waals surface area contributed by atoms with Crippen LogP contribution in [0.15, 0.2) is 48.7 Å². The van der Waals surface area contributed by atoms with E-state index in [9.17, 15) is 4.79 Å². The summed E-state index contributed by atoms with van der Waals surface area (Å²) >= 11 is 6.28. The minimum atomic E-state index is -0.241. The molecule has 0 atom stereocenters. The number of hydrogen-bond donors (Lipinski definition) is 1. The quantitative estimate of drug-likeness (QED) is 0.571. The predicted molar refractivity (Wildman–Crippen MR) is 127 cm³/mol. The van der Waals surface area contributed by atoms with E-state index >= 15 is 0 Å². The van der Waals surface area contributed by atoms with E-state index in [0.717, 1.165) is 54.5 Å². The summed E-state index contributed by atoms with van der Waals surface area (Å²) < 4.78 is 7.28. The van der Waals surface area contributed by atoms with E-state index in [-0.39, 0.29) is 5.91 Å². The van der Waals surface area contributed by atoms with Gasteiger partial charge in [0.1, 0.15) is 5.82 Å². The molecule has 1 aliphatic heterocycles. The van der Waals surface area contributed by atoms with Crippen molar-refractivity contribution in [2.45, 2.75) is 20.4 Å². The maximum Gasteiger partial charge on any atom is 0.249 e. The van der Waals surface area contributed by atoms with Crippen molar-refractivity contribution >= 4 is 35.1 Å². The number of benzene rings is 1. The van der Waals surface area contributed by atoms with Crippen molar-refractivity contribution < 1.29 is 9.53 Å². The number of amides is 1. The Hall–Kier alpha value is -3.16. The first-order valence-electron chi connectivity index (χ1n) is 10.6. The van der Waals surface area contributed by atoms with Crippen LogP contribution in [0.4, 0.5) is 11.5 Å². The molecule has 0 unspecified atom stereocenters. The predicted octanol–water partition coefficient (Wildman–Crippen LogP) is 4.09. The molecule has 1 aliphatic rings. The van der Waals surface area contributed by atoms with Crippen LogP contribution in [0, 0.1) is 13.8 Å². The third-order valence-electron chi connectivity index (χ3n) is 5.49. The Bertz CT molecular complexity index is 1120. The van der Waals surface area contributed by atoms with E-state index < -0.39 is 0 Å². The van der Waals surface area contributed by atoms with E-state index in [1.54, 1.807) is 12.3 Å². The lowest BCUT2D eigenvalue weighted by Crippen LogP contribution is -2.36. The summed E-state index contributed by atoms with van der Waals surface area (Å²) in [5.74, 6) is 0.272. The van der Waals surface area contributed by atoms with Crippen molar-refractivity contribution in [1.82, 2.24) is 14.8 Å². The van der Waals surface area contributed by atoms with Crippen LogP contribution >= 0.6 is 11.6 Å². The molecule has 166 valence electrons. The van der Waals surface area contributed by atoms with Gasteiger partial charge in [0.15, 0.2) is 0 Å². The van der Waals surface area contributed by atoms with Crippen LogP contribution in [0.25, 0.3) is 6.08 Å². The van der Waals surface area contributed by atoms with Crippen LogP contribution in [-0.4, -0.2) is 47.0 Å². The molecule has 1 N–H and O–H groups in total. The van der Waals surface area contributed by atoms with Crippen molar-refractivity contribution in [3.63, 3.8) is 0 Å². The summed E-state index contributed by atoms with van der Waals surface area (Å²) in [6.07, 6.45) is 5.07. The molecule has 2 aromatic heterocycles. The van der Waals surface area contributed by atoms with Crippen LogP contribution in [0.2, 0.25) is 5.02 Å². The zero-order valence-corrected chi connectivity index (χ0v) is 19.0. The molecule has 0 saturated carbocycles. The van der Waals surface area contributed by atoms with Gasteiger partial charge in [-0.05, 0) is 43.7 Å². The second-order valence-corrected chi connectivity index (χ2v) is 8.06. The number of ether oxygens (including phenoxy) is 1. The van der Waals surface area contributed by atoms with E-state index in [4.69, 9.17) is 16.3 Å². The third kappa shape index (κ3) is 5.18. The summed E-state index contributed by atoms with van der Waals surface area (Å²) in [6, 6.07) is 11.5. The van der Waals surface area contributed by atoms with E-state index in [2.05, 4.69) is 20.3 Å².